The smallest absolute Gasteiger partial charge is 0.357 e. The zero-order chi connectivity index (χ0) is 9.26. The second kappa shape index (κ2) is 2.90. The highest BCUT2D eigenvalue weighted by molar-refractivity contribution is 7.18. The molecule has 0 N–H and O–H groups in total. The van der Waals surface area contributed by atoms with Crippen LogP contribution in [0.2, 0.25) is 0 Å². The van der Waals surface area contributed by atoms with Gasteiger partial charge in [-0.2, -0.15) is 4.98 Å². The Morgan fingerprint density at radius 3 is 2.92 bits per heavy atom. The summed E-state index contributed by atoms with van der Waals surface area (Å²) in [5.41, 5.74) is 0. The molecule has 0 saturated carbocycles. The molecule has 2 heterocycles. The second-order valence-electron chi connectivity index (χ2n) is 2.02. The molecule has 2 aromatic rings. The summed E-state index contributed by atoms with van der Waals surface area (Å²) in [6.07, 6.45) is 2.49. The Kier molecular flexibility index (Phi) is 1.74. The maximum atomic E-state index is 10.3. The van der Waals surface area contributed by atoms with Gasteiger partial charge in [0.15, 0.2) is 6.20 Å². The predicted molar refractivity (Wildman–Crippen MR) is 42.1 cm³/mol. The van der Waals surface area contributed by atoms with E-state index in [0.717, 1.165) is 17.7 Å². The van der Waals surface area contributed by atoms with Crippen LogP contribution in [-0.4, -0.2) is 20.0 Å². The van der Waals surface area contributed by atoms with E-state index in [1.165, 1.54) is 6.20 Å². The number of aromatic nitrogens is 3. The molecule has 0 unspecified atom stereocenters. The standard InChI is InChI=1S/C5H2N4O3S/c10-9(11)5-6-1-3(13-5)4-7-2-12-8-4/h1-2H. The molecule has 0 radical (unpaired) electrons. The van der Waals surface area contributed by atoms with E-state index in [2.05, 4.69) is 19.6 Å². The molecule has 8 heteroatoms. The summed E-state index contributed by atoms with van der Waals surface area (Å²) < 4.78 is 4.49. The zero-order valence-corrected chi connectivity index (χ0v) is 6.89. The first-order valence-electron chi connectivity index (χ1n) is 3.14. The van der Waals surface area contributed by atoms with Crippen molar-refractivity contribution < 1.29 is 9.45 Å². The van der Waals surface area contributed by atoms with E-state index in [1.54, 1.807) is 0 Å². The highest BCUT2D eigenvalue weighted by atomic mass is 32.1. The molecule has 0 aliphatic rings. The van der Waals surface area contributed by atoms with Crippen molar-refractivity contribution in [1.82, 2.24) is 15.1 Å². The maximum Gasteiger partial charge on any atom is 0.423 e. The molecule has 0 bridgehead atoms. The lowest BCUT2D eigenvalue weighted by Crippen LogP contribution is -1.83. The van der Waals surface area contributed by atoms with E-state index >= 15 is 0 Å². The van der Waals surface area contributed by atoms with Gasteiger partial charge in [-0.25, -0.2) is 0 Å². The van der Waals surface area contributed by atoms with Crippen molar-refractivity contribution in [2.75, 3.05) is 0 Å². The van der Waals surface area contributed by atoms with Gasteiger partial charge >= 0.3 is 5.13 Å². The number of rotatable bonds is 2. The van der Waals surface area contributed by atoms with Gasteiger partial charge in [0.05, 0.1) is 0 Å². The third-order valence-corrected chi connectivity index (χ3v) is 2.18. The van der Waals surface area contributed by atoms with Gasteiger partial charge in [0, 0.05) is 0 Å². The molecule has 2 rings (SSSR count). The van der Waals surface area contributed by atoms with Gasteiger partial charge in [-0.15, -0.1) is 0 Å². The highest BCUT2D eigenvalue weighted by Gasteiger charge is 2.16. The monoisotopic (exact) mass is 198 g/mol. The van der Waals surface area contributed by atoms with Crippen molar-refractivity contribution in [3.63, 3.8) is 0 Å². The van der Waals surface area contributed by atoms with Crippen LogP contribution >= 0.6 is 11.3 Å². The number of thiazole rings is 1. The Balaban J connectivity index is 2.39. The van der Waals surface area contributed by atoms with Gasteiger partial charge < -0.3 is 14.6 Å². The van der Waals surface area contributed by atoms with Crippen LogP contribution < -0.4 is 0 Å². The van der Waals surface area contributed by atoms with E-state index < -0.39 is 4.92 Å². The fourth-order valence-corrected chi connectivity index (χ4v) is 1.40. The van der Waals surface area contributed by atoms with Crippen molar-refractivity contribution in [3.8, 4) is 10.7 Å². The molecular formula is C5H2N4O3S. The van der Waals surface area contributed by atoms with Crippen LogP contribution in [0.25, 0.3) is 10.7 Å². The summed E-state index contributed by atoms with van der Waals surface area (Å²) in [4.78, 5) is 17.5. The summed E-state index contributed by atoms with van der Waals surface area (Å²) in [7, 11) is 0. The quantitative estimate of drug-likeness (QED) is 0.529. The van der Waals surface area contributed by atoms with Gasteiger partial charge in [0.25, 0.3) is 0 Å². The predicted octanol–water partition coefficient (Wildman–Crippen LogP) is 1.10. The minimum atomic E-state index is -0.561. The summed E-state index contributed by atoms with van der Waals surface area (Å²) in [5, 5.41) is 13.6. The highest BCUT2D eigenvalue weighted by Crippen LogP contribution is 2.27. The Morgan fingerprint density at radius 1 is 1.54 bits per heavy atom. The minimum Gasteiger partial charge on any atom is -0.357 e. The van der Waals surface area contributed by atoms with E-state index in [1.807, 2.05) is 0 Å². The normalized spacial score (nSPS) is 10.2. The molecule has 13 heavy (non-hydrogen) atoms. The van der Waals surface area contributed by atoms with Crippen LogP contribution in [0, 0.1) is 10.1 Å². The topological polar surface area (TPSA) is 95.0 Å². The fraction of sp³-hybridized carbons (Fsp3) is 0. The molecule has 0 aromatic carbocycles. The third kappa shape index (κ3) is 1.38. The van der Waals surface area contributed by atoms with Crippen molar-refractivity contribution in [3.05, 3.63) is 22.7 Å². The summed E-state index contributed by atoms with van der Waals surface area (Å²) in [6.45, 7) is 0. The first-order valence-corrected chi connectivity index (χ1v) is 3.96. The van der Waals surface area contributed by atoms with Gasteiger partial charge in [-0.05, 0) is 21.2 Å². The van der Waals surface area contributed by atoms with Crippen molar-refractivity contribution in [2.45, 2.75) is 0 Å². The zero-order valence-electron chi connectivity index (χ0n) is 6.08. The van der Waals surface area contributed by atoms with Gasteiger partial charge in [-0.1, -0.05) is 5.16 Å². The number of nitro groups is 1. The number of hydrogen-bond donors (Lipinski definition) is 0. The number of nitrogens with zero attached hydrogens (tertiary/aromatic N) is 4. The molecule has 2 aromatic heterocycles. The molecule has 0 aliphatic carbocycles. The molecule has 7 nitrogen and oxygen atoms in total. The van der Waals surface area contributed by atoms with Crippen LogP contribution in [0.3, 0.4) is 0 Å². The molecule has 0 aliphatic heterocycles. The lowest BCUT2D eigenvalue weighted by molar-refractivity contribution is -0.384. The number of hydrogen-bond acceptors (Lipinski definition) is 7. The Hall–Kier alpha value is -1.83. The first-order chi connectivity index (χ1) is 6.27. The molecule has 0 saturated heterocycles. The lowest BCUT2D eigenvalue weighted by Gasteiger charge is -1.82. The second-order valence-corrected chi connectivity index (χ2v) is 3.03. The first kappa shape index (κ1) is 7.80. The Labute approximate surface area is 75.2 Å². The Morgan fingerprint density at radius 2 is 2.38 bits per heavy atom. The molecule has 0 fully saturated rings. The van der Waals surface area contributed by atoms with E-state index in [-0.39, 0.29) is 5.13 Å². The molecule has 0 spiro atoms. The Bertz CT molecular complexity index is 423. The fourth-order valence-electron chi connectivity index (χ4n) is 0.732. The SMILES string of the molecule is O=[N+]([O-])c1ncc(-c2ncon2)s1. The van der Waals surface area contributed by atoms with Gasteiger partial charge in [-0.3, -0.25) is 0 Å². The van der Waals surface area contributed by atoms with Crippen LogP contribution in [0.5, 0.6) is 0 Å². The van der Waals surface area contributed by atoms with Crippen molar-refractivity contribution >= 4 is 16.5 Å². The minimum absolute atomic E-state index is 0.181. The largest absolute Gasteiger partial charge is 0.423 e. The van der Waals surface area contributed by atoms with Crippen LogP contribution in [0.1, 0.15) is 0 Å². The van der Waals surface area contributed by atoms with Crippen LogP contribution in [-0.2, 0) is 0 Å². The molecule has 0 amide bonds. The third-order valence-electron chi connectivity index (χ3n) is 1.23. The van der Waals surface area contributed by atoms with Crippen LogP contribution in [0.15, 0.2) is 17.1 Å². The molecule has 0 atom stereocenters. The summed E-state index contributed by atoms with van der Waals surface area (Å²) in [5.74, 6) is 0.311. The van der Waals surface area contributed by atoms with Crippen LogP contribution in [0.4, 0.5) is 5.13 Å². The van der Waals surface area contributed by atoms with E-state index in [9.17, 15) is 10.1 Å². The lowest BCUT2D eigenvalue weighted by atomic mass is 10.5. The van der Waals surface area contributed by atoms with Crippen molar-refractivity contribution in [1.29, 1.82) is 0 Å². The van der Waals surface area contributed by atoms with E-state index in [0.29, 0.717) is 10.7 Å². The average Bonchev–Trinajstić information content (AvgIpc) is 2.75. The molecular weight excluding hydrogens is 196 g/mol. The summed E-state index contributed by atoms with van der Waals surface area (Å²) >= 11 is 0.904. The average molecular weight is 198 g/mol. The van der Waals surface area contributed by atoms with E-state index in [4.69, 9.17) is 0 Å². The van der Waals surface area contributed by atoms with Crippen molar-refractivity contribution in [2.24, 2.45) is 0 Å². The molecule has 66 valence electrons. The maximum absolute atomic E-state index is 10.3. The summed E-state index contributed by atoms with van der Waals surface area (Å²) in [6, 6.07) is 0. The van der Waals surface area contributed by atoms with Gasteiger partial charge in [0.1, 0.15) is 4.88 Å². The van der Waals surface area contributed by atoms with Gasteiger partial charge in [0.2, 0.25) is 12.2 Å².